The number of rotatable bonds is 6. The molecule has 0 saturated heterocycles. The van der Waals surface area contributed by atoms with Crippen LogP contribution in [0.15, 0.2) is 0 Å². The van der Waals surface area contributed by atoms with Crippen molar-refractivity contribution in [3.8, 4) is 0 Å². The maximum Gasteiger partial charge on any atom is 0.322 e. The number of hydrogen-bond acceptors (Lipinski definition) is 3. The van der Waals surface area contributed by atoms with Gasteiger partial charge < -0.3 is 4.74 Å². The highest BCUT2D eigenvalue weighted by atomic mass is 32.2. The molecule has 0 aliphatic heterocycles. The first kappa shape index (κ1) is 15.9. The summed E-state index contributed by atoms with van der Waals surface area (Å²) in [5, 5.41) is 0.198. The van der Waals surface area contributed by atoms with Gasteiger partial charge in [0, 0.05) is 5.25 Å². The lowest BCUT2D eigenvalue weighted by molar-refractivity contribution is -0.153. The number of carbonyl (C=O) groups excluding carboxylic acids is 1. The van der Waals surface area contributed by atoms with Gasteiger partial charge in [0.15, 0.2) is 0 Å². The van der Waals surface area contributed by atoms with Gasteiger partial charge in [0.2, 0.25) is 0 Å². The Kier molecular flexibility index (Phi) is 6.03. The predicted molar refractivity (Wildman–Crippen MR) is 78.6 cm³/mol. The first-order valence-corrected chi connectivity index (χ1v) is 8.02. The van der Waals surface area contributed by atoms with Gasteiger partial charge in [0.05, 0.1) is 0 Å². The van der Waals surface area contributed by atoms with E-state index in [9.17, 15) is 4.79 Å². The predicted octanol–water partition coefficient (Wildman–Crippen LogP) is 4.23. The Morgan fingerprint density at radius 3 is 2.33 bits per heavy atom. The quantitative estimate of drug-likeness (QED) is 0.676. The van der Waals surface area contributed by atoms with E-state index in [0.717, 1.165) is 19.3 Å². The van der Waals surface area contributed by atoms with Crippen LogP contribution in [0.2, 0.25) is 0 Å². The summed E-state index contributed by atoms with van der Waals surface area (Å²) in [5.74, 6) is 0.248. The second-order valence-electron chi connectivity index (χ2n) is 5.64. The van der Waals surface area contributed by atoms with Gasteiger partial charge in [-0.3, -0.25) is 4.79 Å². The van der Waals surface area contributed by atoms with Gasteiger partial charge >= 0.3 is 5.97 Å². The standard InChI is InChI=1S/C15H27O2S/c1-6-15(11(2)3,18-12(4)5)14(16)17-13-9-7-8-10-13/h11-13H,4,6-10H2,1-3,5H3. The number of esters is 1. The number of thioether (sulfide) groups is 1. The van der Waals surface area contributed by atoms with Gasteiger partial charge in [-0.1, -0.05) is 27.7 Å². The summed E-state index contributed by atoms with van der Waals surface area (Å²) in [6.07, 6.45) is 5.42. The van der Waals surface area contributed by atoms with Gasteiger partial charge in [0.25, 0.3) is 0 Å². The molecular formula is C15H27O2S. The SMILES string of the molecule is [CH2]C(C)SC(CC)(C(=O)OC1CCCC1)C(C)C. The van der Waals surface area contributed by atoms with E-state index < -0.39 is 4.75 Å². The summed E-state index contributed by atoms with van der Waals surface area (Å²) < 4.78 is 5.32. The lowest BCUT2D eigenvalue weighted by atomic mass is 9.92. The van der Waals surface area contributed by atoms with Crippen LogP contribution in [0.1, 0.15) is 59.8 Å². The fourth-order valence-electron chi connectivity index (χ4n) is 2.67. The van der Waals surface area contributed by atoms with Crippen LogP contribution in [0.5, 0.6) is 0 Å². The van der Waals surface area contributed by atoms with E-state index in [2.05, 4.69) is 27.7 Å². The van der Waals surface area contributed by atoms with E-state index in [0.29, 0.717) is 0 Å². The van der Waals surface area contributed by atoms with Crippen molar-refractivity contribution in [2.24, 2.45) is 5.92 Å². The molecule has 1 fully saturated rings. The summed E-state index contributed by atoms with van der Waals surface area (Å²) in [7, 11) is 0. The van der Waals surface area contributed by atoms with Crippen LogP contribution >= 0.6 is 11.8 Å². The first-order chi connectivity index (χ1) is 8.42. The third kappa shape index (κ3) is 3.66. The van der Waals surface area contributed by atoms with Crippen LogP contribution in [0, 0.1) is 12.8 Å². The van der Waals surface area contributed by atoms with Crippen molar-refractivity contribution in [3.63, 3.8) is 0 Å². The molecule has 1 saturated carbocycles. The van der Waals surface area contributed by atoms with Gasteiger partial charge in [-0.25, -0.2) is 0 Å². The lowest BCUT2D eigenvalue weighted by Crippen LogP contribution is -2.43. The van der Waals surface area contributed by atoms with Crippen molar-refractivity contribution in [3.05, 3.63) is 6.92 Å². The summed E-state index contributed by atoms with van der Waals surface area (Å²) in [6.45, 7) is 12.4. The Morgan fingerprint density at radius 2 is 1.94 bits per heavy atom. The van der Waals surface area contributed by atoms with E-state index in [1.807, 2.05) is 6.92 Å². The van der Waals surface area contributed by atoms with E-state index >= 15 is 0 Å². The van der Waals surface area contributed by atoms with E-state index in [1.165, 1.54) is 12.8 Å². The minimum atomic E-state index is -0.427. The maximum absolute atomic E-state index is 12.6. The van der Waals surface area contributed by atoms with Crippen molar-refractivity contribution in [2.45, 2.75) is 75.9 Å². The Bertz CT molecular complexity index is 270. The molecule has 0 aromatic heterocycles. The van der Waals surface area contributed by atoms with Crippen molar-refractivity contribution in [1.29, 1.82) is 0 Å². The number of carbonyl (C=O) groups is 1. The highest BCUT2D eigenvalue weighted by Gasteiger charge is 2.43. The third-order valence-electron chi connectivity index (χ3n) is 3.79. The molecule has 1 aliphatic carbocycles. The monoisotopic (exact) mass is 271 g/mol. The van der Waals surface area contributed by atoms with E-state index in [-0.39, 0.29) is 23.2 Å². The molecule has 105 valence electrons. The van der Waals surface area contributed by atoms with Crippen molar-refractivity contribution < 1.29 is 9.53 Å². The van der Waals surface area contributed by atoms with Crippen LogP contribution in [0.25, 0.3) is 0 Å². The third-order valence-corrected chi connectivity index (χ3v) is 5.54. The van der Waals surface area contributed by atoms with Gasteiger partial charge in [-0.05, 0) is 44.9 Å². The summed E-state index contributed by atoms with van der Waals surface area (Å²) >= 11 is 1.66. The summed E-state index contributed by atoms with van der Waals surface area (Å²) in [4.78, 5) is 12.6. The Balaban J connectivity index is 2.76. The smallest absolute Gasteiger partial charge is 0.322 e. The lowest BCUT2D eigenvalue weighted by Gasteiger charge is -2.36. The van der Waals surface area contributed by atoms with Crippen LogP contribution in [0.4, 0.5) is 0 Å². The van der Waals surface area contributed by atoms with E-state index in [1.54, 1.807) is 11.8 Å². The number of ether oxygens (including phenoxy) is 1. The molecule has 0 aromatic carbocycles. The molecule has 3 heteroatoms. The van der Waals surface area contributed by atoms with E-state index in [4.69, 9.17) is 4.74 Å². The minimum absolute atomic E-state index is 0.0209. The minimum Gasteiger partial charge on any atom is -0.461 e. The molecule has 1 aliphatic rings. The van der Waals surface area contributed by atoms with Gasteiger partial charge in [-0.2, -0.15) is 0 Å². The zero-order valence-electron chi connectivity index (χ0n) is 12.2. The molecule has 18 heavy (non-hydrogen) atoms. The average Bonchev–Trinajstić information content (AvgIpc) is 2.77. The van der Waals surface area contributed by atoms with Crippen molar-refractivity contribution >= 4 is 17.7 Å². The molecular weight excluding hydrogens is 244 g/mol. The fourth-order valence-corrected chi connectivity index (χ4v) is 3.97. The first-order valence-electron chi connectivity index (χ1n) is 7.14. The van der Waals surface area contributed by atoms with Crippen LogP contribution < -0.4 is 0 Å². The molecule has 2 unspecified atom stereocenters. The number of hydrogen-bond donors (Lipinski definition) is 0. The average molecular weight is 271 g/mol. The van der Waals surface area contributed by atoms with Crippen LogP contribution in [-0.4, -0.2) is 22.1 Å². The highest BCUT2D eigenvalue weighted by Crippen LogP contribution is 2.41. The molecule has 0 aromatic rings. The van der Waals surface area contributed by atoms with Gasteiger partial charge in [-0.15, -0.1) is 11.8 Å². The van der Waals surface area contributed by atoms with Gasteiger partial charge in [0.1, 0.15) is 10.9 Å². The molecule has 0 N–H and O–H groups in total. The van der Waals surface area contributed by atoms with Crippen molar-refractivity contribution in [2.75, 3.05) is 0 Å². The second-order valence-corrected chi connectivity index (χ2v) is 7.41. The molecule has 0 heterocycles. The summed E-state index contributed by atoms with van der Waals surface area (Å²) in [5.41, 5.74) is 0. The molecule has 1 radical (unpaired) electrons. The van der Waals surface area contributed by atoms with Crippen LogP contribution in [0.3, 0.4) is 0 Å². The molecule has 0 spiro atoms. The van der Waals surface area contributed by atoms with Crippen molar-refractivity contribution in [1.82, 2.24) is 0 Å². The molecule has 1 rings (SSSR count). The Labute approximate surface area is 116 Å². The highest BCUT2D eigenvalue weighted by molar-refractivity contribution is 8.02. The Morgan fingerprint density at radius 1 is 1.39 bits per heavy atom. The van der Waals surface area contributed by atoms with Crippen LogP contribution in [-0.2, 0) is 9.53 Å². The Hall–Kier alpha value is -0.180. The maximum atomic E-state index is 12.6. The molecule has 2 atom stereocenters. The fraction of sp³-hybridized carbons (Fsp3) is 0.867. The largest absolute Gasteiger partial charge is 0.461 e. The summed E-state index contributed by atoms with van der Waals surface area (Å²) in [6, 6.07) is 0. The topological polar surface area (TPSA) is 26.3 Å². The second kappa shape index (κ2) is 6.83. The zero-order valence-corrected chi connectivity index (χ0v) is 13.0. The molecule has 0 amide bonds. The molecule has 2 nitrogen and oxygen atoms in total. The molecule has 0 bridgehead atoms. The zero-order chi connectivity index (χ0) is 13.8. The normalized spacial score (nSPS) is 20.4.